The summed E-state index contributed by atoms with van der Waals surface area (Å²) in [7, 11) is 0. The molecule has 0 nitrogen and oxygen atoms in total. The van der Waals surface area contributed by atoms with Crippen LogP contribution in [0.1, 0.15) is 22.6 Å². The van der Waals surface area contributed by atoms with Gasteiger partial charge in [-0.25, -0.2) is 4.39 Å². The third-order valence-corrected chi connectivity index (χ3v) is 3.30. The van der Waals surface area contributed by atoms with Crippen molar-refractivity contribution in [2.24, 2.45) is 0 Å². The first-order chi connectivity index (χ1) is 8.33. The van der Waals surface area contributed by atoms with Crippen molar-refractivity contribution in [3.05, 3.63) is 77.1 Å². The molecule has 0 radical (unpaired) electrons. The van der Waals surface area contributed by atoms with Crippen molar-refractivity contribution in [1.82, 2.24) is 0 Å². The van der Waals surface area contributed by atoms with Gasteiger partial charge in [-0.2, -0.15) is 0 Å². The Bertz CT molecular complexity index is 552. The van der Waals surface area contributed by atoms with E-state index in [9.17, 15) is 4.39 Å². The van der Waals surface area contributed by atoms with Gasteiger partial charge in [0.1, 0.15) is 5.82 Å². The van der Waals surface area contributed by atoms with Gasteiger partial charge in [0.15, 0.2) is 0 Å². The Hall–Kier alpha value is -1.89. The average molecular weight is 224 g/mol. The highest BCUT2D eigenvalue weighted by Crippen LogP contribution is 2.29. The maximum atomic E-state index is 12.9. The summed E-state index contributed by atoms with van der Waals surface area (Å²) in [6.45, 7) is 0. The molecule has 1 aliphatic carbocycles. The Morgan fingerprint density at radius 2 is 1.71 bits per heavy atom. The summed E-state index contributed by atoms with van der Waals surface area (Å²) in [5, 5.41) is 0. The number of allylic oxidation sites excluding steroid dienone is 1. The van der Waals surface area contributed by atoms with E-state index in [4.69, 9.17) is 0 Å². The van der Waals surface area contributed by atoms with Gasteiger partial charge in [-0.15, -0.1) is 0 Å². The lowest BCUT2D eigenvalue weighted by molar-refractivity contribution is 0.626. The number of fused-ring (bicyclic) bond motifs is 1. The molecule has 1 aliphatic rings. The Labute approximate surface area is 100 Å². The fourth-order valence-electron chi connectivity index (χ4n) is 2.35. The van der Waals surface area contributed by atoms with Gasteiger partial charge in [-0.3, -0.25) is 0 Å². The Morgan fingerprint density at radius 3 is 2.53 bits per heavy atom. The predicted molar refractivity (Wildman–Crippen MR) is 68.3 cm³/mol. The summed E-state index contributed by atoms with van der Waals surface area (Å²) in [5.74, 6) is 0.194. The molecular formula is C16H13F. The van der Waals surface area contributed by atoms with E-state index in [-0.39, 0.29) is 5.82 Å². The molecular weight excluding hydrogens is 211 g/mol. The van der Waals surface area contributed by atoms with E-state index in [2.05, 4.69) is 36.4 Å². The third-order valence-electron chi connectivity index (χ3n) is 3.30. The maximum absolute atomic E-state index is 12.9. The number of benzene rings is 2. The number of halogens is 1. The fraction of sp³-hybridized carbons (Fsp3) is 0.125. The van der Waals surface area contributed by atoms with Gasteiger partial charge < -0.3 is 0 Å². The minimum Gasteiger partial charge on any atom is -0.207 e. The molecule has 1 unspecified atom stereocenters. The molecule has 1 heteroatoms. The highest BCUT2D eigenvalue weighted by Gasteiger charge is 2.14. The first-order valence-corrected chi connectivity index (χ1v) is 5.84. The van der Waals surface area contributed by atoms with Crippen LogP contribution in [0.25, 0.3) is 6.08 Å². The van der Waals surface area contributed by atoms with Crippen LogP contribution in [0.15, 0.2) is 54.6 Å². The van der Waals surface area contributed by atoms with Gasteiger partial charge in [-0.1, -0.05) is 48.6 Å². The van der Waals surface area contributed by atoms with E-state index < -0.39 is 0 Å². The summed E-state index contributed by atoms with van der Waals surface area (Å²) < 4.78 is 12.9. The zero-order valence-corrected chi connectivity index (χ0v) is 9.44. The van der Waals surface area contributed by atoms with E-state index in [1.807, 2.05) is 12.1 Å². The zero-order valence-electron chi connectivity index (χ0n) is 9.44. The molecule has 0 fully saturated rings. The molecule has 0 aromatic heterocycles. The van der Waals surface area contributed by atoms with Crippen LogP contribution in [0.3, 0.4) is 0 Å². The highest BCUT2D eigenvalue weighted by atomic mass is 19.1. The van der Waals surface area contributed by atoms with E-state index in [0.29, 0.717) is 5.92 Å². The Morgan fingerprint density at radius 1 is 0.941 bits per heavy atom. The van der Waals surface area contributed by atoms with Crippen LogP contribution >= 0.6 is 0 Å². The molecule has 0 spiro atoms. The smallest absolute Gasteiger partial charge is 0.123 e. The van der Waals surface area contributed by atoms with Crippen molar-refractivity contribution in [3.63, 3.8) is 0 Å². The van der Waals surface area contributed by atoms with Crippen LogP contribution in [-0.4, -0.2) is 0 Å². The number of hydrogen-bond acceptors (Lipinski definition) is 0. The molecule has 0 aliphatic heterocycles. The van der Waals surface area contributed by atoms with Crippen molar-refractivity contribution in [3.8, 4) is 0 Å². The van der Waals surface area contributed by atoms with E-state index in [1.165, 1.54) is 28.8 Å². The summed E-state index contributed by atoms with van der Waals surface area (Å²) in [4.78, 5) is 0. The quantitative estimate of drug-likeness (QED) is 0.681. The van der Waals surface area contributed by atoms with Gasteiger partial charge in [-0.05, 0) is 35.2 Å². The van der Waals surface area contributed by atoms with E-state index in [0.717, 1.165) is 6.42 Å². The summed E-state index contributed by atoms with van der Waals surface area (Å²) in [5.41, 5.74) is 3.84. The standard InChI is InChI=1S/C16H13F/c17-16-9-7-13(8-10-16)15-6-5-12-3-1-2-4-14(12)11-15/h1-10,15H,11H2. The molecule has 0 bridgehead atoms. The van der Waals surface area contributed by atoms with Crippen LogP contribution in [0.5, 0.6) is 0 Å². The van der Waals surface area contributed by atoms with Crippen LogP contribution in [0.2, 0.25) is 0 Å². The molecule has 0 N–H and O–H groups in total. The lowest BCUT2D eigenvalue weighted by atomic mass is 9.85. The summed E-state index contributed by atoms with van der Waals surface area (Å²) in [6.07, 6.45) is 5.36. The number of rotatable bonds is 1. The van der Waals surface area contributed by atoms with E-state index in [1.54, 1.807) is 0 Å². The Kier molecular flexibility index (Phi) is 2.52. The first-order valence-electron chi connectivity index (χ1n) is 5.84. The maximum Gasteiger partial charge on any atom is 0.123 e. The van der Waals surface area contributed by atoms with Gasteiger partial charge in [0, 0.05) is 5.92 Å². The van der Waals surface area contributed by atoms with Gasteiger partial charge in [0.2, 0.25) is 0 Å². The van der Waals surface area contributed by atoms with E-state index >= 15 is 0 Å². The molecule has 0 saturated carbocycles. The largest absolute Gasteiger partial charge is 0.207 e. The SMILES string of the molecule is Fc1ccc(C2C=Cc3ccccc3C2)cc1. The number of hydrogen-bond donors (Lipinski definition) is 0. The van der Waals surface area contributed by atoms with Crippen molar-refractivity contribution < 1.29 is 4.39 Å². The summed E-state index contributed by atoms with van der Waals surface area (Å²) >= 11 is 0. The van der Waals surface area contributed by atoms with Crippen LogP contribution in [-0.2, 0) is 6.42 Å². The zero-order chi connectivity index (χ0) is 11.7. The summed E-state index contributed by atoms with van der Waals surface area (Å²) in [6, 6.07) is 15.2. The lowest BCUT2D eigenvalue weighted by Gasteiger charge is -2.19. The average Bonchev–Trinajstić information content (AvgIpc) is 2.39. The van der Waals surface area contributed by atoms with Gasteiger partial charge in [0.05, 0.1) is 0 Å². The van der Waals surface area contributed by atoms with Gasteiger partial charge in [0.25, 0.3) is 0 Å². The topological polar surface area (TPSA) is 0 Å². The van der Waals surface area contributed by atoms with Crippen molar-refractivity contribution in [1.29, 1.82) is 0 Å². The normalized spacial score (nSPS) is 17.8. The molecule has 0 heterocycles. The molecule has 1 atom stereocenters. The fourth-order valence-corrected chi connectivity index (χ4v) is 2.35. The second-order valence-electron chi connectivity index (χ2n) is 4.42. The molecule has 2 aromatic carbocycles. The molecule has 3 rings (SSSR count). The lowest BCUT2D eigenvalue weighted by Crippen LogP contribution is -2.05. The monoisotopic (exact) mass is 224 g/mol. The van der Waals surface area contributed by atoms with Gasteiger partial charge >= 0.3 is 0 Å². The molecule has 0 saturated heterocycles. The molecule has 2 aromatic rings. The Balaban J connectivity index is 1.92. The van der Waals surface area contributed by atoms with Crippen LogP contribution in [0.4, 0.5) is 4.39 Å². The molecule has 0 amide bonds. The van der Waals surface area contributed by atoms with Crippen LogP contribution < -0.4 is 0 Å². The minimum absolute atomic E-state index is 0.172. The van der Waals surface area contributed by atoms with Crippen molar-refractivity contribution in [2.75, 3.05) is 0 Å². The predicted octanol–water partition coefficient (Wildman–Crippen LogP) is 4.18. The first kappa shape index (κ1) is 10.3. The molecule has 17 heavy (non-hydrogen) atoms. The van der Waals surface area contributed by atoms with Crippen LogP contribution in [0, 0.1) is 5.82 Å². The third kappa shape index (κ3) is 2.01. The van der Waals surface area contributed by atoms with Crippen molar-refractivity contribution in [2.45, 2.75) is 12.3 Å². The second kappa shape index (κ2) is 4.17. The second-order valence-corrected chi connectivity index (χ2v) is 4.42. The molecule has 84 valence electrons. The highest BCUT2D eigenvalue weighted by molar-refractivity contribution is 5.58. The minimum atomic E-state index is -0.172. The van der Waals surface area contributed by atoms with Crippen molar-refractivity contribution >= 4 is 6.08 Å².